The number of nitrogens with one attached hydrogen (secondary N) is 1. The van der Waals surface area contributed by atoms with Crippen molar-refractivity contribution in [1.82, 2.24) is 10.3 Å². The molecule has 2 rings (SSSR count). The van der Waals surface area contributed by atoms with Crippen LogP contribution in [0.5, 0.6) is 0 Å². The van der Waals surface area contributed by atoms with Gasteiger partial charge in [-0.05, 0) is 31.7 Å². The standard InChI is InChI=1S/C12H21N3OS/c1-10-6-15-11(17-10)7-14-9-12(8-13)2-4-16-5-3-12/h6,14H,2-5,7-9,13H2,1H3. The SMILES string of the molecule is Cc1cnc(CNCC2(CN)CCOCC2)s1. The Bertz CT molecular complexity index is 347. The second kappa shape index (κ2) is 5.91. The largest absolute Gasteiger partial charge is 0.381 e. The van der Waals surface area contributed by atoms with Crippen molar-refractivity contribution in [3.05, 3.63) is 16.1 Å². The Morgan fingerprint density at radius 3 is 2.88 bits per heavy atom. The normalized spacial score (nSPS) is 19.4. The molecule has 4 nitrogen and oxygen atoms in total. The molecule has 2 heterocycles. The summed E-state index contributed by atoms with van der Waals surface area (Å²) >= 11 is 1.75. The van der Waals surface area contributed by atoms with Crippen molar-refractivity contribution in [2.24, 2.45) is 11.1 Å². The third-order valence-corrected chi connectivity index (χ3v) is 4.34. The van der Waals surface area contributed by atoms with Gasteiger partial charge in [-0.25, -0.2) is 4.98 Å². The Morgan fingerprint density at radius 1 is 1.53 bits per heavy atom. The van der Waals surface area contributed by atoms with Crippen LogP contribution in [0.25, 0.3) is 0 Å². The molecule has 96 valence electrons. The van der Waals surface area contributed by atoms with Gasteiger partial charge in [-0.2, -0.15) is 0 Å². The van der Waals surface area contributed by atoms with Gasteiger partial charge in [0, 0.05) is 37.4 Å². The molecule has 3 N–H and O–H groups in total. The van der Waals surface area contributed by atoms with E-state index in [0.717, 1.165) is 50.7 Å². The van der Waals surface area contributed by atoms with Gasteiger partial charge in [0.2, 0.25) is 0 Å². The van der Waals surface area contributed by atoms with Crippen LogP contribution < -0.4 is 11.1 Å². The highest BCUT2D eigenvalue weighted by molar-refractivity contribution is 7.11. The summed E-state index contributed by atoms with van der Waals surface area (Å²) in [6.45, 7) is 6.32. The molecule has 0 unspecified atom stereocenters. The maximum Gasteiger partial charge on any atom is 0.107 e. The number of ether oxygens (including phenoxy) is 1. The Kier molecular flexibility index (Phi) is 4.50. The minimum atomic E-state index is 0.227. The van der Waals surface area contributed by atoms with Crippen LogP contribution in [0.1, 0.15) is 22.7 Å². The second-order valence-corrected chi connectivity index (χ2v) is 6.10. The summed E-state index contributed by atoms with van der Waals surface area (Å²) in [5.41, 5.74) is 6.14. The molecule has 1 aliphatic heterocycles. The number of rotatable bonds is 5. The van der Waals surface area contributed by atoms with Crippen LogP contribution in [0.2, 0.25) is 0 Å². The van der Waals surface area contributed by atoms with Gasteiger partial charge in [0.05, 0.1) is 0 Å². The van der Waals surface area contributed by atoms with Crippen molar-refractivity contribution in [2.75, 3.05) is 26.3 Å². The minimum absolute atomic E-state index is 0.227. The van der Waals surface area contributed by atoms with Crippen LogP contribution in [0.15, 0.2) is 6.20 Å². The monoisotopic (exact) mass is 255 g/mol. The maximum atomic E-state index is 5.91. The molecule has 0 aliphatic carbocycles. The molecule has 1 fully saturated rings. The fourth-order valence-electron chi connectivity index (χ4n) is 2.18. The van der Waals surface area contributed by atoms with Crippen LogP contribution >= 0.6 is 11.3 Å². The number of aryl methyl sites for hydroxylation is 1. The van der Waals surface area contributed by atoms with E-state index in [1.165, 1.54) is 4.88 Å². The Labute approximate surface area is 107 Å². The summed E-state index contributed by atoms with van der Waals surface area (Å²) in [6.07, 6.45) is 4.05. The van der Waals surface area contributed by atoms with E-state index < -0.39 is 0 Å². The minimum Gasteiger partial charge on any atom is -0.381 e. The zero-order chi connectivity index (χ0) is 12.1. The molecule has 0 amide bonds. The Hall–Kier alpha value is -0.490. The summed E-state index contributed by atoms with van der Waals surface area (Å²) in [5, 5.41) is 4.64. The number of thiazole rings is 1. The molecule has 0 radical (unpaired) electrons. The number of nitrogens with two attached hydrogens (primary N) is 1. The summed E-state index contributed by atoms with van der Waals surface area (Å²) in [7, 11) is 0. The zero-order valence-electron chi connectivity index (χ0n) is 10.4. The first kappa shape index (κ1) is 13.0. The molecule has 0 bridgehead atoms. The first-order valence-corrected chi connectivity index (χ1v) is 6.96. The van der Waals surface area contributed by atoms with E-state index in [1.54, 1.807) is 11.3 Å². The average molecular weight is 255 g/mol. The topological polar surface area (TPSA) is 60.2 Å². The smallest absolute Gasteiger partial charge is 0.107 e. The highest BCUT2D eigenvalue weighted by atomic mass is 32.1. The lowest BCUT2D eigenvalue weighted by molar-refractivity contribution is 0.0191. The first-order valence-electron chi connectivity index (χ1n) is 6.14. The molecular formula is C12H21N3OS. The van der Waals surface area contributed by atoms with Crippen LogP contribution in [0, 0.1) is 12.3 Å². The molecule has 0 saturated carbocycles. The predicted octanol–water partition coefficient (Wildman–Crippen LogP) is 1.30. The molecule has 0 spiro atoms. The maximum absolute atomic E-state index is 5.91. The highest BCUT2D eigenvalue weighted by Gasteiger charge is 2.30. The second-order valence-electron chi connectivity index (χ2n) is 4.78. The van der Waals surface area contributed by atoms with Gasteiger partial charge in [0.1, 0.15) is 5.01 Å². The average Bonchev–Trinajstić information content (AvgIpc) is 2.76. The van der Waals surface area contributed by atoms with Crippen molar-refractivity contribution in [3.8, 4) is 0 Å². The molecular weight excluding hydrogens is 234 g/mol. The molecule has 5 heteroatoms. The van der Waals surface area contributed by atoms with E-state index in [1.807, 2.05) is 6.20 Å². The van der Waals surface area contributed by atoms with E-state index in [-0.39, 0.29) is 5.41 Å². The number of nitrogens with zero attached hydrogens (tertiary/aromatic N) is 1. The molecule has 1 aliphatic rings. The van der Waals surface area contributed by atoms with Crippen LogP contribution in [0.4, 0.5) is 0 Å². The van der Waals surface area contributed by atoms with Gasteiger partial charge < -0.3 is 15.8 Å². The van der Waals surface area contributed by atoms with E-state index in [0.29, 0.717) is 0 Å². The van der Waals surface area contributed by atoms with Gasteiger partial charge in [0.15, 0.2) is 0 Å². The van der Waals surface area contributed by atoms with E-state index in [9.17, 15) is 0 Å². The van der Waals surface area contributed by atoms with Gasteiger partial charge in [-0.3, -0.25) is 0 Å². The quantitative estimate of drug-likeness (QED) is 0.832. The Morgan fingerprint density at radius 2 is 2.29 bits per heavy atom. The number of hydrogen-bond donors (Lipinski definition) is 2. The van der Waals surface area contributed by atoms with Crippen molar-refractivity contribution in [2.45, 2.75) is 26.3 Å². The van der Waals surface area contributed by atoms with Crippen molar-refractivity contribution >= 4 is 11.3 Å². The fraction of sp³-hybridized carbons (Fsp3) is 0.750. The molecule has 0 atom stereocenters. The third-order valence-electron chi connectivity index (χ3n) is 3.43. The fourth-order valence-corrected chi connectivity index (χ4v) is 2.93. The summed E-state index contributed by atoms with van der Waals surface area (Å²) in [4.78, 5) is 5.61. The van der Waals surface area contributed by atoms with E-state index in [4.69, 9.17) is 10.5 Å². The van der Waals surface area contributed by atoms with E-state index >= 15 is 0 Å². The first-order chi connectivity index (χ1) is 8.24. The van der Waals surface area contributed by atoms with Crippen molar-refractivity contribution < 1.29 is 4.74 Å². The van der Waals surface area contributed by atoms with Crippen LogP contribution in [0.3, 0.4) is 0 Å². The summed E-state index contributed by atoms with van der Waals surface area (Å²) < 4.78 is 5.40. The van der Waals surface area contributed by atoms with Crippen LogP contribution in [-0.2, 0) is 11.3 Å². The molecule has 17 heavy (non-hydrogen) atoms. The third kappa shape index (κ3) is 3.48. The summed E-state index contributed by atoms with van der Waals surface area (Å²) in [5.74, 6) is 0. The lowest BCUT2D eigenvalue weighted by Gasteiger charge is -2.36. The highest BCUT2D eigenvalue weighted by Crippen LogP contribution is 2.28. The predicted molar refractivity (Wildman–Crippen MR) is 70.1 cm³/mol. The molecule has 1 aromatic rings. The molecule has 1 saturated heterocycles. The number of aromatic nitrogens is 1. The van der Waals surface area contributed by atoms with Gasteiger partial charge >= 0.3 is 0 Å². The summed E-state index contributed by atoms with van der Waals surface area (Å²) in [6, 6.07) is 0. The molecule has 0 aromatic carbocycles. The van der Waals surface area contributed by atoms with Gasteiger partial charge in [-0.15, -0.1) is 11.3 Å². The Balaban J connectivity index is 1.79. The molecule has 1 aromatic heterocycles. The van der Waals surface area contributed by atoms with E-state index in [2.05, 4.69) is 17.2 Å². The number of hydrogen-bond acceptors (Lipinski definition) is 5. The lowest BCUT2D eigenvalue weighted by Crippen LogP contribution is -2.44. The van der Waals surface area contributed by atoms with Crippen molar-refractivity contribution in [3.63, 3.8) is 0 Å². The van der Waals surface area contributed by atoms with Crippen LogP contribution in [-0.4, -0.2) is 31.3 Å². The zero-order valence-corrected chi connectivity index (χ0v) is 11.2. The van der Waals surface area contributed by atoms with Crippen molar-refractivity contribution in [1.29, 1.82) is 0 Å². The van der Waals surface area contributed by atoms with Gasteiger partial charge in [0.25, 0.3) is 0 Å². The lowest BCUT2D eigenvalue weighted by atomic mass is 9.80. The van der Waals surface area contributed by atoms with Gasteiger partial charge in [-0.1, -0.05) is 0 Å².